The Morgan fingerprint density at radius 1 is 0.523 bits per heavy atom. The van der Waals surface area contributed by atoms with Crippen molar-refractivity contribution in [1.82, 2.24) is 0 Å². The first kappa shape index (κ1) is 30.9. The second-order valence-electron chi connectivity index (χ2n) is 10.4. The highest BCUT2D eigenvalue weighted by Crippen LogP contribution is 2.36. The average molecular weight is 609 g/mol. The van der Waals surface area contributed by atoms with Gasteiger partial charge in [-0.25, -0.2) is 22.0 Å². The number of aryl methyl sites for hydroxylation is 1. The average Bonchev–Trinajstić information content (AvgIpc) is 2.99. The fourth-order valence-electron chi connectivity index (χ4n) is 4.97. The molecule has 5 rings (SSSR count). The molecule has 0 unspecified atom stereocenters. The van der Waals surface area contributed by atoms with Gasteiger partial charge in [-0.15, -0.1) is 0 Å². The van der Waals surface area contributed by atoms with Crippen molar-refractivity contribution in [1.29, 1.82) is 0 Å². The number of hydrogen-bond donors (Lipinski definition) is 0. The minimum Gasteiger partial charge on any atom is -0.429 e. The van der Waals surface area contributed by atoms with E-state index in [4.69, 9.17) is 4.74 Å². The molecule has 0 saturated carbocycles. The lowest BCUT2D eigenvalue weighted by Crippen LogP contribution is -2.23. The Kier molecular flexibility index (Phi) is 9.09. The van der Waals surface area contributed by atoms with Crippen LogP contribution in [-0.4, -0.2) is 0 Å². The van der Waals surface area contributed by atoms with Gasteiger partial charge in [-0.1, -0.05) is 68.3 Å². The summed E-state index contributed by atoms with van der Waals surface area (Å²) in [6.07, 6.45) is -0.455. The van der Waals surface area contributed by atoms with Gasteiger partial charge < -0.3 is 4.74 Å². The molecule has 0 aliphatic carbocycles. The number of unbranched alkanes of at least 4 members (excludes halogenated alkanes) is 2. The maximum Gasteiger partial charge on any atom is 0.429 e. The third-order valence-corrected chi connectivity index (χ3v) is 7.32. The number of halogens is 7. The molecule has 0 heterocycles. The van der Waals surface area contributed by atoms with Crippen molar-refractivity contribution in [2.75, 3.05) is 0 Å². The SMILES string of the molecule is CCCCCc1ccc(C(F)(F)Oc2ccc(-c3ccc(-c4cc(F)c(-c5ccc(F)c(F)c5)c(F)c4)cc3)cc2)c(F)c1. The summed E-state index contributed by atoms with van der Waals surface area (Å²) in [5.74, 6) is -5.41. The lowest BCUT2D eigenvalue weighted by atomic mass is 9.97. The van der Waals surface area contributed by atoms with Crippen LogP contribution in [0.2, 0.25) is 0 Å². The molecule has 8 heteroatoms. The zero-order valence-corrected chi connectivity index (χ0v) is 23.6. The van der Waals surface area contributed by atoms with Crippen molar-refractivity contribution in [2.24, 2.45) is 0 Å². The first-order valence-electron chi connectivity index (χ1n) is 14.1. The third kappa shape index (κ3) is 6.80. The van der Waals surface area contributed by atoms with Gasteiger partial charge in [0.25, 0.3) is 0 Å². The van der Waals surface area contributed by atoms with E-state index in [0.717, 1.165) is 61.7 Å². The molecule has 1 nitrogen and oxygen atoms in total. The molecule has 44 heavy (non-hydrogen) atoms. The molecule has 0 fully saturated rings. The lowest BCUT2D eigenvalue weighted by molar-refractivity contribution is -0.187. The van der Waals surface area contributed by atoms with Gasteiger partial charge in [-0.05, 0) is 94.8 Å². The van der Waals surface area contributed by atoms with Crippen LogP contribution >= 0.6 is 0 Å². The molecule has 0 amide bonds. The minimum absolute atomic E-state index is 0.133. The number of hydrogen-bond acceptors (Lipinski definition) is 1. The summed E-state index contributed by atoms with van der Waals surface area (Å²) in [6, 6.07) is 20.9. The highest BCUT2D eigenvalue weighted by molar-refractivity contribution is 5.74. The molecule has 0 aliphatic heterocycles. The van der Waals surface area contributed by atoms with E-state index in [9.17, 15) is 30.7 Å². The van der Waals surface area contributed by atoms with Gasteiger partial charge in [0, 0.05) is 0 Å². The molecular weight excluding hydrogens is 581 g/mol. The molecule has 0 bridgehead atoms. The van der Waals surface area contributed by atoms with Crippen LogP contribution in [-0.2, 0) is 12.5 Å². The Balaban J connectivity index is 1.29. The molecule has 226 valence electrons. The van der Waals surface area contributed by atoms with E-state index in [0.29, 0.717) is 28.7 Å². The van der Waals surface area contributed by atoms with Crippen molar-refractivity contribution < 1.29 is 35.5 Å². The predicted octanol–water partition coefficient (Wildman–Crippen LogP) is 11.2. The van der Waals surface area contributed by atoms with Crippen molar-refractivity contribution in [3.8, 4) is 39.1 Å². The van der Waals surface area contributed by atoms with Crippen LogP contribution in [0.3, 0.4) is 0 Å². The van der Waals surface area contributed by atoms with Gasteiger partial charge in [0.15, 0.2) is 11.6 Å². The molecule has 0 saturated heterocycles. The maximum absolute atomic E-state index is 14.9. The first-order chi connectivity index (χ1) is 21.1. The molecule has 0 aliphatic rings. The highest BCUT2D eigenvalue weighted by Gasteiger charge is 2.37. The van der Waals surface area contributed by atoms with Crippen molar-refractivity contribution in [3.05, 3.63) is 137 Å². The van der Waals surface area contributed by atoms with Crippen molar-refractivity contribution >= 4 is 0 Å². The highest BCUT2D eigenvalue weighted by atomic mass is 19.3. The van der Waals surface area contributed by atoms with E-state index in [1.165, 1.54) is 18.2 Å². The summed E-state index contributed by atoms with van der Waals surface area (Å²) in [7, 11) is 0. The summed E-state index contributed by atoms with van der Waals surface area (Å²) >= 11 is 0. The standard InChI is InChI=1S/C36H27F7O/c1-2-3-4-5-22-6-16-29(31(38)18-22)36(42,43)44-28-14-11-24(12-15-28)23-7-9-25(10-8-23)27-20-33(40)35(34(41)21-27)26-13-17-30(37)32(39)19-26/h6-21H,2-5H2,1H3. The zero-order chi connectivity index (χ0) is 31.4. The number of rotatable bonds is 10. The fourth-order valence-corrected chi connectivity index (χ4v) is 4.97. The first-order valence-corrected chi connectivity index (χ1v) is 14.1. The second-order valence-corrected chi connectivity index (χ2v) is 10.4. The number of benzene rings is 5. The van der Waals surface area contributed by atoms with Crippen LogP contribution < -0.4 is 4.74 Å². The predicted molar refractivity (Wildman–Crippen MR) is 157 cm³/mol. The van der Waals surface area contributed by atoms with Crippen molar-refractivity contribution in [2.45, 2.75) is 38.7 Å². The summed E-state index contributed by atoms with van der Waals surface area (Å²) in [5, 5.41) is 0. The fraction of sp³-hybridized carbons (Fsp3) is 0.167. The minimum atomic E-state index is -3.89. The van der Waals surface area contributed by atoms with Gasteiger partial charge in [0.2, 0.25) is 0 Å². The van der Waals surface area contributed by atoms with E-state index in [-0.39, 0.29) is 16.9 Å². The van der Waals surface area contributed by atoms with Gasteiger partial charge in [0.1, 0.15) is 23.2 Å². The molecule has 0 N–H and O–H groups in total. The molecular formula is C36H27F7O. The van der Waals surface area contributed by atoms with E-state index in [2.05, 4.69) is 0 Å². The Morgan fingerprint density at radius 2 is 1.07 bits per heavy atom. The largest absolute Gasteiger partial charge is 0.429 e. The van der Waals surface area contributed by atoms with Crippen LogP contribution in [0, 0.1) is 29.1 Å². The smallest absolute Gasteiger partial charge is 0.429 e. The summed E-state index contributed by atoms with van der Waals surface area (Å²) in [5.41, 5.74) is 1.26. The quantitative estimate of drug-likeness (QED) is 0.113. The maximum atomic E-state index is 14.9. The third-order valence-electron chi connectivity index (χ3n) is 7.32. The molecule has 0 atom stereocenters. The Morgan fingerprint density at radius 3 is 1.64 bits per heavy atom. The van der Waals surface area contributed by atoms with E-state index >= 15 is 0 Å². The van der Waals surface area contributed by atoms with Gasteiger partial charge in [-0.2, -0.15) is 8.78 Å². The summed E-state index contributed by atoms with van der Waals surface area (Å²) < 4.78 is 106. The number of ether oxygens (including phenoxy) is 1. The molecule has 0 aromatic heterocycles. The lowest BCUT2D eigenvalue weighted by Gasteiger charge is -2.19. The second kappa shape index (κ2) is 13.0. The monoisotopic (exact) mass is 608 g/mol. The van der Waals surface area contributed by atoms with Crippen LogP contribution in [0.15, 0.2) is 97.1 Å². The van der Waals surface area contributed by atoms with E-state index in [1.54, 1.807) is 36.4 Å². The van der Waals surface area contributed by atoms with Crippen molar-refractivity contribution in [3.63, 3.8) is 0 Å². The van der Waals surface area contributed by atoms with Gasteiger partial charge in [0.05, 0.1) is 11.1 Å². The Hall–Kier alpha value is -4.59. The molecule has 0 radical (unpaired) electrons. The number of alkyl halides is 2. The van der Waals surface area contributed by atoms with Gasteiger partial charge >= 0.3 is 6.11 Å². The van der Waals surface area contributed by atoms with Crippen LogP contribution in [0.1, 0.15) is 37.3 Å². The Labute approximate surface area is 250 Å². The zero-order valence-electron chi connectivity index (χ0n) is 23.6. The topological polar surface area (TPSA) is 9.23 Å². The molecule has 5 aromatic rings. The summed E-state index contributed by atoms with van der Waals surface area (Å²) in [6.45, 7) is 2.04. The van der Waals surface area contributed by atoms with E-state index in [1.807, 2.05) is 6.92 Å². The van der Waals surface area contributed by atoms with Crippen LogP contribution in [0.4, 0.5) is 30.7 Å². The van der Waals surface area contributed by atoms with Gasteiger partial charge in [-0.3, -0.25) is 0 Å². The molecule has 0 spiro atoms. The van der Waals surface area contributed by atoms with Crippen LogP contribution in [0.5, 0.6) is 5.75 Å². The molecule has 5 aromatic carbocycles. The summed E-state index contributed by atoms with van der Waals surface area (Å²) in [4.78, 5) is 0. The van der Waals surface area contributed by atoms with E-state index < -0.39 is 46.3 Å². The normalized spacial score (nSPS) is 11.5. The Bertz CT molecular complexity index is 1740. The van der Waals surface area contributed by atoms with Crippen LogP contribution in [0.25, 0.3) is 33.4 Å².